The monoisotopic (exact) mass is 462 g/mol. The first kappa shape index (κ1) is 24.3. The van der Waals surface area contributed by atoms with Crippen molar-refractivity contribution in [1.82, 2.24) is 0 Å². The lowest BCUT2D eigenvalue weighted by molar-refractivity contribution is -0.220. The van der Waals surface area contributed by atoms with E-state index in [0.717, 1.165) is 0 Å². The minimum Gasteiger partial charge on any atom is -0.458 e. The molecule has 8 atom stereocenters. The molecule has 4 aliphatic carbocycles. The second kappa shape index (κ2) is 7.84. The van der Waals surface area contributed by atoms with Gasteiger partial charge in [-0.1, -0.05) is 32.4 Å². The molecular formula is C26H35FO6. The van der Waals surface area contributed by atoms with Crippen molar-refractivity contribution in [2.45, 2.75) is 83.6 Å². The molecule has 0 spiro atoms. The quantitative estimate of drug-likeness (QED) is 0.609. The number of ether oxygens (including phenoxy) is 1. The minimum absolute atomic E-state index is 0.0925. The van der Waals surface area contributed by atoms with Crippen LogP contribution in [0.5, 0.6) is 0 Å². The molecule has 0 aromatic rings. The molecule has 0 radical (unpaired) electrons. The number of Topliss-reactive ketones (excluding diaryl/α,β-unsaturated/α-hetero) is 1. The van der Waals surface area contributed by atoms with Crippen LogP contribution in [-0.2, 0) is 19.1 Å². The third-order valence-electron chi connectivity index (χ3n) is 9.47. The summed E-state index contributed by atoms with van der Waals surface area (Å²) >= 11 is 0. The molecule has 0 saturated heterocycles. The molecule has 6 nitrogen and oxygen atoms in total. The maximum absolute atomic E-state index is 17.1. The van der Waals surface area contributed by atoms with Crippen LogP contribution in [0.2, 0.25) is 0 Å². The van der Waals surface area contributed by atoms with Crippen molar-refractivity contribution in [2.24, 2.45) is 28.6 Å². The Labute approximate surface area is 194 Å². The van der Waals surface area contributed by atoms with Crippen LogP contribution in [0.1, 0.15) is 66.2 Å². The highest BCUT2D eigenvalue weighted by Crippen LogP contribution is 2.70. The van der Waals surface area contributed by atoms with Gasteiger partial charge in [-0.3, -0.25) is 14.4 Å². The highest BCUT2D eigenvalue weighted by Gasteiger charge is 2.75. The molecule has 3 saturated carbocycles. The summed E-state index contributed by atoms with van der Waals surface area (Å²) in [4.78, 5) is 37.0. The number of alkyl halides is 1. The molecule has 3 fully saturated rings. The molecule has 0 bridgehead atoms. The summed E-state index contributed by atoms with van der Waals surface area (Å²) < 4.78 is 22.2. The summed E-state index contributed by atoms with van der Waals surface area (Å²) in [5.74, 6) is -2.66. The maximum Gasteiger partial charge on any atom is 0.306 e. The lowest BCUT2D eigenvalue weighted by atomic mass is 9.44. The molecule has 8 unspecified atom stereocenters. The summed E-state index contributed by atoms with van der Waals surface area (Å²) in [7, 11) is 0. The fourth-order valence-corrected chi connectivity index (χ4v) is 7.67. The fourth-order valence-electron chi connectivity index (χ4n) is 7.67. The van der Waals surface area contributed by atoms with Crippen LogP contribution in [-0.4, -0.2) is 51.7 Å². The topological polar surface area (TPSA) is 101 Å². The van der Waals surface area contributed by atoms with Crippen LogP contribution in [0, 0.1) is 28.6 Å². The number of aliphatic hydroxyl groups excluding tert-OH is 1. The summed E-state index contributed by atoms with van der Waals surface area (Å²) in [5.41, 5.74) is -5.33. The fraction of sp³-hybridized carbons (Fsp3) is 0.731. The van der Waals surface area contributed by atoms with E-state index in [9.17, 15) is 24.6 Å². The zero-order chi connectivity index (χ0) is 24.4. The largest absolute Gasteiger partial charge is 0.458 e. The Kier molecular flexibility index (Phi) is 5.77. The van der Waals surface area contributed by atoms with Gasteiger partial charge in [-0.15, -0.1) is 0 Å². The zero-order valence-corrected chi connectivity index (χ0v) is 19.9. The number of fused-ring (bicyclic) bond motifs is 5. The van der Waals surface area contributed by atoms with Gasteiger partial charge in [0.1, 0.15) is 5.60 Å². The molecule has 182 valence electrons. The van der Waals surface area contributed by atoms with Crippen molar-refractivity contribution >= 4 is 17.5 Å². The second-order valence-electron chi connectivity index (χ2n) is 11.0. The second-order valence-corrected chi connectivity index (χ2v) is 11.0. The van der Waals surface area contributed by atoms with Crippen LogP contribution in [0.3, 0.4) is 0 Å². The lowest BCUT2D eigenvalue weighted by Gasteiger charge is -2.62. The molecule has 7 heteroatoms. The molecule has 4 aliphatic rings. The van der Waals surface area contributed by atoms with Crippen molar-refractivity contribution < 1.29 is 33.7 Å². The minimum atomic E-state index is -2.01. The molecule has 0 aliphatic heterocycles. The van der Waals surface area contributed by atoms with Gasteiger partial charge in [0, 0.05) is 23.2 Å². The third-order valence-corrected chi connectivity index (χ3v) is 9.47. The van der Waals surface area contributed by atoms with Gasteiger partial charge < -0.3 is 14.9 Å². The van der Waals surface area contributed by atoms with Gasteiger partial charge >= 0.3 is 5.97 Å². The predicted molar refractivity (Wildman–Crippen MR) is 119 cm³/mol. The predicted octanol–water partition coefficient (Wildman–Crippen LogP) is 3.25. The van der Waals surface area contributed by atoms with Crippen LogP contribution in [0.25, 0.3) is 0 Å². The summed E-state index contributed by atoms with van der Waals surface area (Å²) in [6.45, 7) is 6.58. The Morgan fingerprint density at radius 3 is 2.64 bits per heavy atom. The third kappa shape index (κ3) is 3.07. The molecule has 33 heavy (non-hydrogen) atoms. The Hall–Kier alpha value is -1.86. The van der Waals surface area contributed by atoms with E-state index in [0.29, 0.717) is 31.3 Å². The van der Waals surface area contributed by atoms with Gasteiger partial charge in [0.05, 0.1) is 6.10 Å². The number of esters is 1. The molecule has 0 aromatic heterocycles. The van der Waals surface area contributed by atoms with E-state index < -0.39 is 58.4 Å². The lowest BCUT2D eigenvalue weighted by Crippen LogP contribution is -2.69. The van der Waals surface area contributed by atoms with E-state index in [4.69, 9.17) is 4.74 Å². The van der Waals surface area contributed by atoms with E-state index in [1.807, 2.05) is 6.92 Å². The number of halogens is 1. The Balaban J connectivity index is 1.69. The SMILES string of the molecule is CCCC(=O)OCC(=O)C1(O)C(C)CC2C3CCC4=CC(=O)C=CC4(C)C3(F)C(O)CC21C. The molecule has 0 amide bonds. The number of aliphatic hydroxyl groups is 2. The standard InChI is InChI=1S/C26H35FO6/c1-5-6-22(31)33-14-21(30)26(32)15(2)11-19-18-8-7-16-12-17(28)9-10-23(16,3)25(18,27)20(29)13-24(19,26)4/h9-10,12,15,18-20,29,32H,5-8,11,13-14H2,1-4H3. The van der Waals surface area contributed by atoms with Gasteiger partial charge in [-0.2, -0.15) is 0 Å². The Morgan fingerprint density at radius 2 is 1.97 bits per heavy atom. The van der Waals surface area contributed by atoms with Crippen molar-refractivity contribution in [3.05, 3.63) is 23.8 Å². The van der Waals surface area contributed by atoms with Crippen LogP contribution >= 0.6 is 0 Å². The number of rotatable bonds is 5. The molecule has 0 aromatic carbocycles. The average molecular weight is 463 g/mol. The van der Waals surface area contributed by atoms with Gasteiger partial charge in [0.25, 0.3) is 0 Å². The van der Waals surface area contributed by atoms with Crippen molar-refractivity contribution in [1.29, 1.82) is 0 Å². The first-order valence-corrected chi connectivity index (χ1v) is 12.1. The normalized spacial score (nSPS) is 46.2. The number of allylic oxidation sites excluding steroid dienone is 4. The van der Waals surface area contributed by atoms with E-state index in [2.05, 4.69) is 0 Å². The number of carbonyl (C=O) groups is 3. The smallest absolute Gasteiger partial charge is 0.306 e. The van der Waals surface area contributed by atoms with Crippen LogP contribution < -0.4 is 0 Å². The van der Waals surface area contributed by atoms with Crippen LogP contribution in [0.4, 0.5) is 4.39 Å². The van der Waals surface area contributed by atoms with E-state index in [1.54, 1.807) is 26.8 Å². The Morgan fingerprint density at radius 1 is 1.27 bits per heavy atom. The highest BCUT2D eigenvalue weighted by molar-refractivity contribution is 6.01. The first-order valence-electron chi connectivity index (χ1n) is 12.1. The van der Waals surface area contributed by atoms with E-state index in [1.165, 1.54) is 12.2 Å². The van der Waals surface area contributed by atoms with Gasteiger partial charge in [0.2, 0.25) is 5.78 Å². The average Bonchev–Trinajstić information content (AvgIpc) is 2.95. The number of ketones is 2. The van der Waals surface area contributed by atoms with E-state index in [-0.39, 0.29) is 24.5 Å². The van der Waals surface area contributed by atoms with Crippen molar-refractivity contribution in [3.63, 3.8) is 0 Å². The van der Waals surface area contributed by atoms with Gasteiger partial charge in [-0.25, -0.2) is 4.39 Å². The molecule has 4 rings (SSSR count). The molecule has 2 N–H and O–H groups in total. The summed E-state index contributed by atoms with van der Waals surface area (Å²) in [6, 6.07) is 0. The number of hydrogen-bond donors (Lipinski definition) is 2. The van der Waals surface area contributed by atoms with Crippen molar-refractivity contribution in [3.8, 4) is 0 Å². The van der Waals surface area contributed by atoms with Gasteiger partial charge in [0.15, 0.2) is 18.1 Å². The zero-order valence-electron chi connectivity index (χ0n) is 19.9. The summed E-state index contributed by atoms with van der Waals surface area (Å²) in [5, 5.41) is 23.1. The number of carbonyl (C=O) groups excluding carboxylic acids is 3. The Bertz CT molecular complexity index is 941. The first-order chi connectivity index (χ1) is 15.4. The highest BCUT2D eigenvalue weighted by atomic mass is 19.1. The van der Waals surface area contributed by atoms with E-state index >= 15 is 4.39 Å². The summed E-state index contributed by atoms with van der Waals surface area (Å²) in [6.07, 6.45) is 5.10. The van der Waals surface area contributed by atoms with Gasteiger partial charge in [-0.05, 0) is 63.0 Å². The molecular weight excluding hydrogens is 427 g/mol. The van der Waals surface area contributed by atoms with Crippen LogP contribution in [0.15, 0.2) is 23.8 Å². The van der Waals surface area contributed by atoms with Crippen molar-refractivity contribution in [2.75, 3.05) is 6.61 Å². The maximum atomic E-state index is 17.1. The molecule has 0 heterocycles. The number of hydrogen-bond acceptors (Lipinski definition) is 6.